The topological polar surface area (TPSA) is 69.9 Å². The molecule has 4 aromatic rings. The average molecular weight is 503 g/mol. The van der Waals surface area contributed by atoms with Crippen molar-refractivity contribution in [2.75, 3.05) is 12.9 Å². The van der Waals surface area contributed by atoms with Gasteiger partial charge < -0.3 is 9.47 Å². The van der Waals surface area contributed by atoms with E-state index in [0.29, 0.717) is 46.8 Å². The second-order valence-electron chi connectivity index (χ2n) is 8.39. The first-order valence-electron chi connectivity index (χ1n) is 10.8. The number of sulfone groups is 1. The molecule has 182 valence electrons. The zero-order valence-electron chi connectivity index (χ0n) is 18.6. The van der Waals surface area contributed by atoms with E-state index >= 15 is 4.39 Å². The van der Waals surface area contributed by atoms with Gasteiger partial charge >= 0.3 is 6.61 Å². The van der Waals surface area contributed by atoms with Crippen molar-refractivity contribution in [3.8, 4) is 16.9 Å². The summed E-state index contributed by atoms with van der Waals surface area (Å²) >= 11 is 0. The lowest BCUT2D eigenvalue weighted by atomic mass is 10.0. The lowest BCUT2D eigenvalue weighted by Crippen LogP contribution is -2.20. The number of nitrogens with zero attached hydrogens (tertiary/aromatic N) is 2. The van der Waals surface area contributed by atoms with Gasteiger partial charge in [0, 0.05) is 36.1 Å². The number of aromatic nitrogens is 2. The first kappa shape index (κ1) is 23.4. The highest BCUT2D eigenvalue weighted by atomic mass is 32.2. The van der Waals surface area contributed by atoms with Gasteiger partial charge in [0.05, 0.1) is 23.7 Å². The largest absolute Gasteiger partial charge is 0.434 e. The van der Waals surface area contributed by atoms with E-state index in [-0.39, 0.29) is 17.1 Å². The number of benzene rings is 2. The van der Waals surface area contributed by atoms with E-state index in [1.54, 1.807) is 53.1 Å². The number of pyridine rings is 1. The molecule has 0 amide bonds. The molecule has 35 heavy (non-hydrogen) atoms. The van der Waals surface area contributed by atoms with Crippen molar-refractivity contribution in [1.29, 1.82) is 0 Å². The van der Waals surface area contributed by atoms with E-state index in [4.69, 9.17) is 9.47 Å². The molecule has 5 rings (SSSR count). The van der Waals surface area contributed by atoms with Crippen LogP contribution in [-0.2, 0) is 26.7 Å². The molecule has 1 atom stereocenters. The Balaban J connectivity index is 1.60. The van der Waals surface area contributed by atoms with E-state index in [9.17, 15) is 17.2 Å². The maximum atomic E-state index is 15.1. The zero-order chi connectivity index (χ0) is 24.7. The highest BCUT2D eigenvalue weighted by Gasteiger charge is 2.31. The molecule has 6 nitrogen and oxygen atoms in total. The summed E-state index contributed by atoms with van der Waals surface area (Å²) in [6.45, 7) is -2.67. The van der Waals surface area contributed by atoms with Gasteiger partial charge in [-0.1, -0.05) is 42.5 Å². The van der Waals surface area contributed by atoms with Gasteiger partial charge in [0.25, 0.3) is 0 Å². The fourth-order valence-electron chi connectivity index (χ4n) is 4.38. The smallest absolute Gasteiger partial charge is 0.387 e. The maximum Gasteiger partial charge on any atom is 0.387 e. The average Bonchev–Trinajstić information content (AvgIpc) is 3.15. The third kappa shape index (κ3) is 4.76. The number of hydrogen-bond donors (Lipinski definition) is 0. The van der Waals surface area contributed by atoms with Crippen LogP contribution in [0.25, 0.3) is 16.8 Å². The quantitative estimate of drug-likeness (QED) is 0.373. The van der Waals surface area contributed by atoms with Crippen LogP contribution < -0.4 is 4.74 Å². The monoisotopic (exact) mass is 502 g/mol. The summed E-state index contributed by atoms with van der Waals surface area (Å²) in [5.41, 5.74) is 3.53. The molecule has 0 fully saturated rings. The number of para-hydroxylation sites is 1. The Labute approximate surface area is 199 Å². The zero-order valence-corrected chi connectivity index (χ0v) is 19.4. The molecule has 0 saturated heterocycles. The summed E-state index contributed by atoms with van der Waals surface area (Å²) < 4.78 is 76.6. The highest BCUT2D eigenvalue weighted by Crippen LogP contribution is 2.39. The number of ether oxygens (including phenoxy) is 2. The van der Waals surface area contributed by atoms with Crippen molar-refractivity contribution in [2.45, 2.75) is 24.9 Å². The minimum absolute atomic E-state index is 0.000833. The number of fused-ring (bicyclic) bond motifs is 3. The van der Waals surface area contributed by atoms with Gasteiger partial charge in [-0.2, -0.15) is 8.78 Å². The molecular weight excluding hydrogens is 481 g/mol. The van der Waals surface area contributed by atoms with E-state index in [1.807, 2.05) is 0 Å². The minimum Gasteiger partial charge on any atom is -0.434 e. The third-order valence-electron chi connectivity index (χ3n) is 5.81. The summed E-state index contributed by atoms with van der Waals surface area (Å²) in [6.07, 6.45) is 2.50. The van der Waals surface area contributed by atoms with Gasteiger partial charge in [0.15, 0.2) is 9.84 Å². The molecule has 1 unspecified atom stereocenters. The minimum atomic E-state index is -3.20. The molecule has 0 bridgehead atoms. The van der Waals surface area contributed by atoms with E-state index in [2.05, 4.69) is 4.98 Å². The van der Waals surface area contributed by atoms with Crippen LogP contribution in [-0.4, -0.2) is 37.3 Å². The van der Waals surface area contributed by atoms with Gasteiger partial charge in [0.2, 0.25) is 0 Å². The fourth-order valence-corrected chi connectivity index (χ4v) is 5.18. The summed E-state index contributed by atoms with van der Waals surface area (Å²) in [4.78, 5) is 4.56. The van der Waals surface area contributed by atoms with Crippen molar-refractivity contribution in [3.63, 3.8) is 0 Å². The van der Waals surface area contributed by atoms with Crippen LogP contribution in [0.1, 0.15) is 28.6 Å². The predicted molar refractivity (Wildman–Crippen MR) is 124 cm³/mol. The van der Waals surface area contributed by atoms with Crippen molar-refractivity contribution in [1.82, 2.24) is 9.38 Å². The normalized spacial score (nSPS) is 16.0. The van der Waals surface area contributed by atoms with Crippen LogP contribution in [0.2, 0.25) is 0 Å². The summed E-state index contributed by atoms with van der Waals surface area (Å²) in [7, 11) is -3.20. The molecule has 0 saturated carbocycles. The molecular formula is C25H21F3N2O4S. The summed E-state index contributed by atoms with van der Waals surface area (Å²) in [5, 5.41) is 0. The number of imidazole rings is 1. The Morgan fingerprint density at radius 1 is 1.17 bits per heavy atom. The molecule has 0 aliphatic carbocycles. The van der Waals surface area contributed by atoms with E-state index < -0.39 is 28.4 Å². The summed E-state index contributed by atoms with van der Waals surface area (Å²) in [6, 6.07) is 14.3. The van der Waals surface area contributed by atoms with Crippen LogP contribution in [0.4, 0.5) is 13.2 Å². The lowest BCUT2D eigenvalue weighted by Gasteiger charge is -2.25. The van der Waals surface area contributed by atoms with Crippen LogP contribution in [0.5, 0.6) is 5.75 Å². The number of hydrogen-bond acceptors (Lipinski definition) is 5. The molecule has 0 spiro atoms. The van der Waals surface area contributed by atoms with Crippen LogP contribution in [0.3, 0.4) is 0 Å². The molecule has 3 heterocycles. The molecule has 2 aromatic heterocycles. The molecule has 1 aliphatic rings. The maximum absolute atomic E-state index is 15.1. The molecule has 0 N–H and O–H groups in total. The first-order valence-corrected chi connectivity index (χ1v) is 12.9. The van der Waals surface area contributed by atoms with Crippen molar-refractivity contribution >= 4 is 15.5 Å². The Morgan fingerprint density at radius 2 is 1.91 bits per heavy atom. The molecule has 2 aromatic carbocycles. The van der Waals surface area contributed by atoms with Gasteiger partial charge in [-0.25, -0.2) is 17.8 Å². The number of rotatable bonds is 6. The Bertz CT molecular complexity index is 1500. The Hall–Kier alpha value is -3.37. The third-order valence-corrected chi connectivity index (χ3v) is 6.66. The van der Waals surface area contributed by atoms with Gasteiger partial charge in [0.1, 0.15) is 23.3 Å². The van der Waals surface area contributed by atoms with Gasteiger partial charge in [-0.05, 0) is 17.2 Å². The van der Waals surface area contributed by atoms with Crippen LogP contribution in [0, 0.1) is 5.82 Å². The van der Waals surface area contributed by atoms with Gasteiger partial charge in [-0.3, -0.25) is 4.40 Å². The SMILES string of the molecule is CS(=O)(=O)Cc1ccc(-c2cn3c4c(nc3cc2F)CCOC4c2ccccc2OC(F)F)cc1. The van der Waals surface area contributed by atoms with Crippen molar-refractivity contribution < 1.29 is 31.1 Å². The number of alkyl halides is 2. The van der Waals surface area contributed by atoms with Crippen LogP contribution >= 0.6 is 0 Å². The lowest BCUT2D eigenvalue weighted by molar-refractivity contribution is -0.0522. The highest BCUT2D eigenvalue weighted by molar-refractivity contribution is 7.89. The Morgan fingerprint density at radius 3 is 2.63 bits per heavy atom. The van der Waals surface area contributed by atoms with Crippen molar-refractivity contribution in [2.24, 2.45) is 0 Å². The number of halogens is 3. The van der Waals surface area contributed by atoms with E-state index in [1.165, 1.54) is 12.1 Å². The second kappa shape index (κ2) is 9.01. The standard InChI is InChI=1S/C25H21F3N2O4S/c1-35(31,32)14-15-6-8-16(9-7-15)18-13-30-22(12-19(18)26)29-20-10-11-33-24(23(20)30)17-4-2-3-5-21(17)34-25(27)28/h2-9,12-13,24-25H,10-11,14H2,1H3. The first-order chi connectivity index (χ1) is 16.7. The summed E-state index contributed by atoms with van der Waals surface area (Å²) in [5.74, 6) is -0.600. The van der Waals surface area contributed by atoms with E-state index in [0.717, 1.165) is 6.26 Å². The molecule has 10 heteroatoms. The van der Waals surface area contributed by atoms with Crippen molar-refractivity contribution in [3.05, 3.63) is 89.1 Å². The fraction of sp³-hybridized carbons (Fsp3) is 0.240. The van der Waals surface area contributed by atoms with Gasteiger partial charge in [-0.15, -0.1) is 0 Å². The molecule has 1 aliphatic heterocycles. The Kier molecular flexibility index (Phi) is 6.02. The van der Waals surface area contributed by atoms with Crippen LogP contribution in [0.15, 0.2) is 60.8 Å². The molecule has 0 radical (unpaired) electrons. The predicted octanol–water partition coefficient (Wildman–Crippen LogP) is 4.95. The second-order valence-corrected chi connectivity index (χ2v) is 10.5.